The largest absolute Gasteiger partial charge is 0.305 e. The Morgan fingerprint density at radius 3 is 2.52 bits per heavy atom. The van der Waals surface area contributed by atoms with Crippen LogP contribution < -0.4 is 5.32 Å². The molecule has 0 saturated carbocycles. The summed E-state index contributed by atoms with van der Waals surface area (Å²) in [5, 5.41) is 8.07. The Morgan fingerprint density at radius 1 is 1.24 bits per heavy atom. The molecule has 0 radical (unpaired) electrons. The molecule has 1 aromatic carbocycles. The third-order valence-corrected chi connectivity index (χ3v) is 4.95. The van der Waals surface area contributed by atoms with E-state index in [0.717, 1.165) is 15.5 Å². The zero-order valence-corrected chi connectivity index (χ0v) is 16.0. The van der Waals surface area contributed by atoms with Crippen molar-refractivity contribution in [3.8, 4) is 0 Å². The topological polar surface area (TPSA) is 29.9 Å². The summed E-state index contributed by atoms with van der Waals surface area (Å²) in [5.74, 6) is 0. The van der Waals surface area contributed by atoms with Gasteiger partial charge in [0.2, 0.25) is 0 Å². The fraction of sp³-hybridized carbons (Fsp3) is 0.438. The molecular weight excluding hydrogens is 394 g/mol. The van der Waals surface area contributed by atoms with Gasteiger partial charge in [-0.25, -0.2) is 0 Å². The summed E-state index contributed by atoms with van der Waals surface area (Å²) >= 11 is 7.28. The van der Waals surface area contributed by atoms with Gasteiger partial charge >= 0.3 is 0 Å². The molecule has 1 unspecified atom stereocenters. The summed E-state index contributed by atoms with van der Waals surface area (Å²) in [6.45, 7) is 9.42. The van der Waals surface area contributed by atoms with E-state index in [-0.39, 0.29) is 6.04 Å². The van der Waals surface area contributed by atoms with Crippen molar-refractivity contribution < 1.29 is 0 Å². The minimum atomic E-state index is 0.117. The lowest BCUT2D eigenvalue weighted by molar-refractivity contribution is 0.475. The number of hydrogen-bond acceptors (Lipinski definition) is 2. The Balaban J connectivity index is 2.53. The lowest BCUT2D eigenvalue weighted by Crippen LogP contribution is -2.26. The molecule has 3 nitrogen and oxygen atoms in total. The summed E-state index contributed by atoms with van der Waals surface area (Å²) in [5.41, 5.74) is 3.64. The van der Waals surface area contributed by atoms with Crippen molar-refractivity contribution in [3.63, 3.8) is 0 Å². The molecule has 0 amide bonds. The van der Waals surface area contributed by atoms with Crippen LogP contribution in [0.4, 0.5) is 0 Å². The monoisotopic (exact) mass is 413 g/mol. The standard InChI is InChI=1S/C16H21Br2N3/c1-5-19-15(12-7-6-11(4)13(17)8-12)16-14(18)9-20-21(16)10(2)3/h6-10,15,19H,5H2,1-4H3. The maximum atomic E-state index is 4.50. The van der Waals surface area contributed by atoms with Crippen LogP contribution in [0.1, 0.15) is 49.7 Å². The highest BCUT2D eigenvalue weighted by Crippen LogP contribution is 2.32. The van der Waals surface area contributed by atoms with Crippen LogP contribution in [-0.2, 0) is 0 Å². The van der Waals surface area contributed by atoms with Gasteiger partial charge in [0.05, 0.1) is 22.4 Å². The summed E-state index contributed by atoms with van der Waals surface area (Å²) in [6.07, 6.45) is 1.88. The van der Waals surface area contributed by atoms with Gasteiger partial charge in [-0.2, -0.15) is 5.10 Å². The van der Waals surface area contributed by atoms with Crippen molar-refractivity contribution in [3.05, 3.63) is 50.2 Å². The number of benzene rings is 1. The van der Waals surface area contributed by atoms with E-state index in [9.17, 15) is 0 Å². The van der Waals surface area contributed by atoms with E-state index in [1.807, 2.05) is 6.20 Å². The molecule has 0 aliphatic carbocycles. The van der Waals surface area contributed by atoms with Gasteiger partial charge in [-0.1, -0.05) is 35.0 Å². The first-order valence-electron chi connectivity index (χ1n) is 7.18. The summed E-state index contributed by atoms with van der Waals surface area (Å²) in [6, 6.07) is 6.95. The van der Waals surface area contributed by atoms with Gasteiger partial charge in [0, 0.05) is 10.5 Å². The van der Waals surface area contributed by atoms with E-state index >= 15 is 0 Å². The molecule has 2 aromatic rings. The van der Waals surface area contributed by atoms with E-state index < -0.39 is 0 Å². The number of nitrogens with zero attached hydrogens (tertiary/aromatic N) is 2. The zero-order valence-electron chi connectivity index (χ0n) is 12.8. The quantitative estimate of drug-likeness (QED) is 0.746. The highest BCUT2D eigenvalue weighted by atomic mass is 79.9. The molecule has 0 bridgehead atoms. The van der Waals surface area contributed by atoms with Gasteiger partial charge in [0.25, 0.3) is 0 Å². The molecule has 0 aliphatic heterocycles. The van der Waals surface area contributed by atoms with Gasteiger partial charge in [-0.15, -0.1) is 0 Å². The molecule has 0 spiro atoms. The molecular formula is C16H21Br2N3. The molecule has 5 heteroatoms. The van der Waals surface area contributed by atoms with Gasteiger partial charge in [-0.05, 0) is 60.4 Å². The van der Waals surface area contributed by atoms with Gasteiger partial charge in [0.15, 0.2) is 0 Å². The van der Waals surface area contributed by atoms with Gasteiger partial charge in [0.1, 0.15) is 0 Å². The first-order chi connectivity index (χ1) is 9.95. The van der Waals surface area contributed by atoms with Crippen molar-refractivity contribution in [2.24, 2.45) is 0 Å². The lowest BCUT2D eigenvalue weighted by Gasteiger charge is -2.23. The highest BCUT2D eigenvalue weighted by molar-refractivity contribution is 9.10. The highest BCUT2D eigenvalue weighted by Gasteiger charge is 2.22. The molecule has 0 fully saturated rings. The van der Waals surface area contributed by atoms with Crippen LogP contribution in [0.3, 0.4) is 0 Å². The Bertz CT molecular complexity index is 620. The van der Waals surface area contributed by atoms with Crippen molar-refractivity contribution in [1.82, 2.24) is 15.1 Å². The average molecular weight is 415 g/mol. The first kappa shape index (κ1) is 16.7. The van der Waals surface area contributed by atoms with Crippen LogP contribution in [0.2, 0.25) is 0 Å². The summed E-state index contributed by atoms with van der Waals surface area (Å²) in [4.78, 5) is 0. The van der Waals surface area contributed by atoms with Gasteiger partial charge < -0.3 is 5.32 Å². The molecule has 114 valence electrons. The van der Waals surface area contributed by atoms with E-state index in [1.54, 1.807) is 0 Å². The van der Waals surface area contributed by atoms with Crippen molar-refractivity contribution in [2.75, 3.05) is 6.54 Å². The fourth-order valence-electron chi connectivity index (χ4n) is 2.40. The third-order valence-electron chi connectivity index (χ3n) is 3.49. The zero-order chi connectivity index (χ0) is 15.6. The smallest absolute Gasteiger partial charge is 0.0760 e. The van der Waals surface area contributed by atoms with Crippen LogP contribution in [0, 0.1) is 6.92 Å². The predicted octanol–water partition coefficient (Wildman–Crippen LogP) is 5.00. The SMILES string of the molecule is CCNC(c1ccc(C)c(Br)c1)c1c(Br)cnn1C(C)C. The van der Waals surface area contributed by atoms with Crippen LogP contribution in [0.25, 0.3) is 0 Å². The average Bonchev–Trinajstić information content (AvgIpc) is 2.81. The number of aromatic nitrogens is 2. The molecule has 0 aliphatic rings. The number of hydrogen-bond donors (Lipinski definition) is 1. The third kappa shape index (κ3) is 3.58. The summed E-state index contributed by atoms with van der Waals surface area (Å²) in [7, 11) is 0. The normalized spacial score (nSPS) is 12.9. The molecule has 2 rings (SSSR count). The molecule has 1 aromatic heterocycles. The second-order valence-corrected chi connectivity index (χ2v) is 7.12. The van der Waals surface area contributed by atoms with Crippen molar-refractivity contribution >= 4 is 31.9 Å². The van der Waals surface area contributed by atoms with Crippen LogP contribution in [-0.4, -0.2) is 16.3 Å². The van der Waals surface area contributed by atoms with E-state index in [1.165, 1.54) is 16.8 Å². The Morgan fingerprint density at radius 2 is 1.95 bits per heavy atom. The molecule has 1 atom stereocenters. The van der Waals surface area contributed by atoms with Crippen LogP contribution >= 0.6 is 31.9 Å². The van der Waals surface area contributed by atoms with Crippen LogP contribution in [0.15, 0.2) is 33.3 Å². The fourth-order valence-corrected chi connectivity index (χ4v) is 3.30. The van der Waals surface area contributed by atoms with Crippen molar-refractivity contribution in [2.45, 2.75) is 39.8 Å². The number of halogens is 2. The number of aryl methyl sites for hydroxylation is 1. The van der Waals surface area contributed by atoms with E-state index in [4.69, 9.17) is 0 Å². The van der Waals surface area contributed by atoms with Crippen molar-refractivity contribution in [1.29, 1.82) is 0 Å². The second-order valence-electron chi connectivity index (χ2n) is 5.42. The van der Waals surface area contributed by atoms with Crippen LogP contribution in [0.5, 0.6) is 0 Å². The molecule has 0 saturated heterocycles. The molecule has 1 heterocycles. The van der Waals surface area contributed by atoms with E-state index in [2.05, 4.69) is 92.9 Å². The minimum Gasteiger partial charge on any atom is -0.305 e. The first-order valence-corrected chi connectivity index (χ1v) is 8.76. The number of rotatable bonds is 5. The Labute approximate surface area is 143 Å². The maximum Gasteiger partial charge on any atom is 0.0760 e. The Hall–Kier alpha value is -0.650. The summed E-state index contributed by atoms with van der Waals surface area (Å²) < 4.78 is 4.25. The number of nitrogens with one attached hydrogen (secondary N) is 1. The minimum absolute atomic E-state index is 0.117. The van der Waals surface area contributed by atoms with Gasteiger partial charge in [-0.3, -0.25) is 4.68 Å². The van der Waals surface area contributed by atoms with E-state index in [0.29, 0.717) is 6.04 Å². The second kappa shape index (κ2) is 7.07. The molecule has 21 heavy (non-hydrogen) atoms. The Kier molecular flexibility index (Phi) is 5.63. The molecule has 1 N–H and O–H groups in total. The lowest BCUT2D eigenvalue weighted by atomic mass is 10.0. The predicted molar refractivity (Wildman–Crippen MR) is 94.7 cm³/mol. The maximum absolute atomic E-state index is 4.50.